The van der Waals surface area contributed by atoms with Crippen LogP contribution >= 0.6 is 0 Å². The van der Waals surface area contributed by atoms with Gasteiger partial charge in [0.25, 0.3) is 5.69 Å². The Kier molecular flexibility index (Phi) is 5.74. The molecule has 1 N–H and O–H groups in total. The minimum Gasteiger partial charge on any atom is -0.387 e. The molecule has 5 nitrogen and oxygen atoms in total. The SMILES string of the molecule is CCCCN(C)CC(O)c1cccc([N+](=O)[O-])c1. The number of nitrogens with zero attached hydrogens (tertiary/aromatic N) is 2. The molecule has 0 aromatic heterocycles. The Morgan fingerprint density at radius 2 is 2.22 bits per heavy atom. The van der Waals surface area contributed by atoms with E-state index in [-0.39, 0.29) is 5.69 Å². The number of hydrogen-bond donors (Lipinski definition) is 1. The number of nitro groups is 1. The average Bonchev–Trinajstić information content (AvgIpc) is 2.36. The second kappa shape index (κ2) is 7.08. The van der Waals surface area contributed by atoms with Crippen LogP contribution in [0.4, 0.5) is 5.69 Å². The van der Waals surface area contributed by atoms with E-state index >= 15 is 0 Å². The standard InChI is InChI=1S/C13H20N2O3/c1-3-4-8-14(2)10-13(16)11-6-5-7-12(9-11)15(17)18/h5-7,9,13,16H,3-4,8,10H2,1-2H3. The molecule has 0 heterocycles. The van der Waals surface area contributed by atoms with Crippen LogP contribution in [-0.4, -0.2) is 35.1 Å². The number of unbranched alkanes of at least 4 members (excludes halogenated alkanes) is 1. The maximum atomic E-state index is 10.7. The summed E-state index contributed by atoms with van der Waals surface area (Å²) in [6, 6.07) is 6.17. The molecular formula is C13H20N2O3. The molecule has 0 amide bonds. The summed E-state index contributed by atoms with van der Waals surface area (Å²) in [6.45, 7) is 3.52. The highest BCUT2D eigenvalue weighted by Gasteiger charge is 2.13. The fourth-order valence-electron chi connectivity index (χ4n) is 1.77. The van der Waals surface area contributed by atoms with Crippen molar-refractivity contribution in [1.29, 1.82) is 0 Å². The Morgan fingerprint density at radius 3 is 2.83 bits per heavy atom. The molecule has 1 rings (SSSR count). The number of hydrogen-bond acceptors (Lipinski definition) is 4. The normalized spacial score (nSPS) is 12.7. The molecule has 18 heavy (non-hydrogen) atoms. The van der Waals surface area contributed by atoms with Gasteiger partial charge >= 0.3 is 0 Å². The fourth-order valence-corrected chi connectivity index (χ4v) is 1.77. The van der Waals surface area contributed by atoms with Crippen LogP contribution in [0, 0.1) is 10.1 Å². The largest absolute Gasteiger partial charge is 0.387 e. The molecule has 1 unspecified atom stereocenters. The predicted molar refractivity (Wildman–Crippen MR) is 70.5 cm³/mol. The Hall–Kier alpha value is -1.46. The summed E-state index contributed by atoms with van der Waals surface area (Å²) < 4.78 is 0. The maximum absolute atomic E-state index is 10.7. The lowest BCUT2D eigenvalue weighted by Crippen LogP contribution is -2.25. The minimum absolute atomic E-state index is 0.0164. The predicted octanol–water partition coefficient (Wildman–Crippen LogP) is 2.36. The summed E-state index contributed by atoms with van der Waals surface area (Å²) >= 11 is 0. The monoisotopic (exact) mass is 252 g/mol. The highest BCUT2D eigenvalue weighted by molar-refractivity contribution is 5.35. The van der Waals surface area contributed by atoms with Crippen molar-refractivity contribution >= 4 is 5.69 Å². The highest BCUT2D eigenvalue weighted by Crippen LogP contribution is 2.19. The van der Waals surface area contributed by atoms with Crippen molar-refractivity contribution in [2.75, 3.05) is 20.1 Å². The van der Waals surface area contributed by atoms with Crippen molar-refractivity contribution in [3.63, 3.8) is 0 Å². The Balaban J connectivity index is 2.63. The van der Waals surface area contributed by atoms with E-state index in [1.54, 1.807) is 12.1 Å². The molecule has 5 heteroatoms. The zero-order valence-corrected chi connectivity index (χ0v) is 10.9. The molecule has 0 saturated carbocycles. The van der Waals surface area contributed by atoms with Crippen molar-refractivity contribution in [3.8, 4) is 0 Å². The summed E-state index contributed by atoms with van der Waals surface area (Å²) in [5.74, 6) is 0. The van der Waals surface area contributed by atoms with Crippen molar-refractivity contribution in [2.45, 2.75) is 25.9 Å². The summed E-state index contributed by atoms with van der Waals surface area (Å²) in [5, 5.41) is 20.7. The highest BCUT2D eigenvalue weighted by atomic mass is 16.6. The van der Waals surface area contributed by atoms with Gasteiger partial charge in [-0.25, -0.2) is 0 Å². The van der Waals surface area contributed by atoms with E-state index in [9.17, 15) is 15.2 Å². The third-order valence-electron chi connectivity index (χ3n) is 2.84. The molecule has 1 atom stereocenters. The molecule has 100 valence electrons. The first-order valence-electron chi connectivity index (χ1n) is 6.15. The average molecular weight is 252 g/mol. The van der Waals surface area contributed by atoms with Gasteiger partial charge in [0.15, 0.2) is 0 Å². The Morgan fingerprint density at radius 1 is 1.50 bits per heavy atom. The summed E-state index contributed by atoms with van der Waals surface area (Å²) in [5.41, 5.74) is 0.607. The molecular weight excluding hydrogens is 232 g/mol. The molecule has 0 aliphatic carbocycles. The van der Waals surface area contributed by atoms with E-state index in [0.29, 0.717) is 12.1 Å². The molecule has 0 aliphatic heterocycles. The van der Waals surface area contributed by atoms with E-state index in [4.69, 9.17) is 0 Å². The minimum atomic E-state index is -0.688. The zero-order valence-electron chi connectivity index (χ0n) is 10.9. The first-order chi connectivity index (χ1) is 8.54. The van der Waals surface area contributed by atoms with Crippen LogP contribution in [0.2, 0.25) is 0 Å². The van der Waals surface area contributed by atoms with Crippen LogP contribution in [0.15, 0.2) is 24.3 Å². The molecule has 0 aliphatic rings. The van der Waals surface area contributed by atoms with E-state index in [2.05, 4.69) is 6.92 Å². The van der Waals surface area contributed by atoms with Crippen molar-refractivity contribution in [3.05, 3.63) is 39.9 Å². The number of rotatable bonds is 7. The summed E-state index contributed by atoms with van der Waals surface area (Å²) in [6.07, 6.45) is 1.50. The van der Waals surface area contributed by atoms with E-state index in [1.165, 1.54) is 12.1 Å². The molecule has 0 fully saturated rings. The van der Waals surface area contributed by atoms with Crippen LogP contribution in [-0.2, 0) is 0 Å². The van der Waals surface area contributed by atoms with Gasteiger partial charge in [0.2, 0.25) is 0 Å². The van der Waals surface area contributed by atoms with E-state index in [1.807, 2.05) is 11.9 Å². The molecule has 1 aromatic rings. The van der Waals surface area contributed by atoms with Gasteiger partial charge in [-0.3, -0.25) is 10.1 Å². The fraction of sp³-hybridized carbons (Fsp3) is 0.538. The van der Waals surface area contributed by atoms with Gasteiger partial charge in [-0.15, -0.1) is 0 Å². The number of aliphatic hydroxyl groups is 1. The van der Waals surface area contributed by atoms with E-state index in [0.717, 1.165) is 19.4 Å². The topological polar surface area (TPSA) is 66.6 Å². The lowest BCUT2D eigenvalue weighted by atomic mass is 10.1. The van der Waals surface area contributed by atoms with Crippen molar-refractivity contribution < 1.29 is 10.0 Å². The first kappa shape index (κ1) is 14.6. The number of aliphatic hydroxyl groups excluding tert-OH is 1. The first-order valence-corrected chi connectivity index (χ1v) is 6.15. The Labute approximate surface area is 107 Å². The van der Waals surface area contributed by atoms with Crippen LogP contribution in [0.5, 0.6) is 0 Å². The number of likely N-dealkylation sites (N-methyl/N-ethyl adjacent to an activating group) is 1. The van der Waals surface area contributed by atoms with Crippen molar-refractivity contribution in [1.82, 2.24) is 4.90 Å². The number of nitro benzene ring substituents is 1. The quantitative estimate of drug-likeness (QED) is 0.597. The molecule has 0 bridgehead atoms. The second-order valence-electron chi connectivity index (χ2n) is 4.48. The summed E-state index contributed by atoms with van der Waals surface area (Å²) in [4.78, 5) is 12.2. The van der Waals surface area contributed by atoms with E-state index < -0.39 is 11.0 Å². The van der Waals surface area contributed by atoms with Gasteiger partial charge in [0.05, 0.1) is 11.0 Å². The van der Waals surface area contributed by atoms with Crippen LogP contribution < -0.4 is 0 Å². The molecule has 1 aromatic carbocycles. The lowest BCUT2D eigenvalue weighted by Gasteiger charge is -2.20. The lowest BCUT2D eigenvalue weighted by molar-refractivity contribution is -0.385. The summed E-state index contributed by atoms with van der Waals surface area (Å²) in [7, 11) is 1.94. The van der Waals surface area contributed by atoms with Crippen LogP contribution in [0.25, 0.3) is 0 Å². The third kappa shape index (κ3) is 4.43. The van der Waals surface area contributed by atoms with Gasteiger partial charge in [0.1, 0.15) is 0 Å². The number of non-ortho nitro benzene ring substituents is 1. The van der Waals surface area contributed by atoms with Gasteiger partial charge < -0.3 is 10.0 Å². The molecule has 0 radical (unpaired) electrons. The second-order valence-corrected chi connectivity index (χ2v) is 4.48. The maximum Gasteiger partial charge on any atom is 0.269 e. The molecule has 0 spiro atoms. The Bertz CT molecular complexity index is 396. The van der Waals surface area contributed by atoms with Gasteiger partial charge in [-0.1, -0.05) is 25.5 Å². The van der Waals surface area contributed by atoms with Gasteiger partial charge in [-0.2, -0.15) is 0 Å². The number of benzene rings is 1. The van der Waals surface area contributed by atoms with Crippen LogP contribution in [0.3, 0.4) is 0 Å². The zero-order chi connectivity index (χ0) is 13.5. The smallest absolute Gasteiger partial charge is 0.269 e. The van der Waals surface area contributed by atoms with Crippen molar-refractivity contribution in [2.24, 2.45) is 0 Å². The van der Waals surface area contributed by atoms with Gasteiger partial charge in [0, 0.05) is 18.7 Å². The molecule has 0 saturated heterocycles. The third-order valence-corrected chi connectivity index (χ3v) is 2.84. The van der Waals surface area contributed by atoms with Crippen LogP contribution in [0.1, 0.15) is 31.4 Å². The van der Waals surface area contributed by atoms with Gasteiger partial charge in [-0.05, 0) is 25.6 Å².